The van der Waals surface area contributed by atoms with E-state index in [1.54, 1.807) is 6.92 Å². The van der Waals surface area contributed by atoms with E-state index in [9.17, 15) is 0 Å². The Labute approximate surface area is 158 Å². The molecular weight excluding hydrogens is 346 g/mol. The molecule has 1 aromatic heterocycles. The second-order valence-electron chi connectivity index (χ2n) is 6.38. The second-order valence-corrected chi connectivity index (χ2v) is 6.83. The van der Waals surface area contributed by atoms with Crippen molar-refractivity contribution in [1.29, 1.82) is 0 Å². The number of halogens is 1. The topological polar surface area (TPSA) is 89.6 Å². The number of nitrogens with zero attached hydrogens (tertiary/aromatic N) is 3. The van der Waals surface area contributed by atoms with E-state index in [1.165, 1.54) is 0 Å². The number of nitrogens with two attached hydrogens (primary N) is 2. The molecule has 1 fully saturated rings. The van der Waals surface area contributed by atoms with E-state index in [0.717, 1.165) is 18.5 Å². The minimum Gasteiger partial charge on any atom is -0.400 e. The Hall–Kier alpha value is -2.66. The minimum absolute atomic E-state index is 0.257. The minimum atomic E-state index is 0.257. The van der Waals surface area contributed by atoms with Crippen molar-refractivity contribution in [2.45, 2.75) is 32.6 Å². The number of fused-ring (bicyclic) bond motifs is 1. The summed E-state index contributed by atoms with van der Waals surface area (Å²) in [6.45, 7) is 7.55. The maximum atomic E-state index is 6.29. The molecule has 0 unspecified atom stereocenters. The van der Waals surface area contributed by atoms with Crippen LogP contribution in [0.2, 0.25) is 0 Å². The van der Waals surface area contributed by atoms with Crippen LogP contribution in [-0.4, -0.2) is 16.5 Å². The van der Waals surface area contributed by atoms with Gasteiger partial charge in [-0.25, -0.2) is 15.0 Å². The van der Waals surface area contributed by atoms with Crippen LogP contribution in [0, 0.1) is 0 Å². The normalized spacial score (nSPS) is 19.6. The molecule has 0 amide bonds. The van der Waals surface area contributed by atoms with E-state index in [4.69, 9.17) is 33.0 Å². The Morgan fingerprint density at radius 2 is 2.04 bits per heavy atom. The van der Waals surface area contributed by atoms with Gasteiger partial charge in [-0.3, -0.25) is 0 Å². The third kappa shape index (κ3) is 3.63. The van der Waals surface area contributed by atoms with E-state index < -0.39 is 0 Å². The van der Waals surface area contributed by atoms with E-state index in [-0.39, 0.29) is 5.84 Å². The summed E-state index contributed by atoms with van der Waals surface area (Å²) in [5, 5.41) is 0.362. The molecule has 2 aliphatic rings. The third-order valence-corrected chi connectivity index (χ3v) is 4.40. The summed E-state index contributed by atoms with van der Waals surface area (Å²) in [7, 11) is 0. The molecule has 4 N–H and O–H groups in total. The number of hydrogen-bond donors (Lipinski definition) is 2. The van der Waals surface area contributed by atoms with Crippen LogP contribution >= 0.6 is 11.6 Å². The molecule has 1 aliphatic heterocycles. The van der Waals surface area contributed by atoms with Crippen molar-refractivity contribution in [2.75, 3.05) is 0 Å². The van der Waals surface area contributed by atoms with Gasteiger partial charge in [-0.15, -0.1) is 0 Å². The van der Waals surface area contributed by atoms with Gasteiger partial charge in [-0.2, -0.15) is 0 Å². The quantitative estimate of drug-likeness (QED) is 0.781. The highest BCUT2D eigenvalue weighted by molar-refractivity contribution is 6.37. The molecule has 0 atom stereocenters. The maximum absolute atomic E-state index is 6.29. The largest absolute Gasteiger partial charge is 0.400 e. The van der Waals surface area contributed by atoms with Crippen molar-refractivity contribution in [3.63, 3.8) is 0 Å². The fourth-order valence-corrected chi connectivity index (χ4v) is 2.86. The first-order chi connectivity index (χ1) is 12.4. The molecule has 0 radical (unpaired) electrons. The summed E-state index contributed by atoms with van der Waals surface area (Å²) in [5.74, 6) is 0.757. The number of aromatic nitrogens is 1. The van der Waals surface area contributed by atoms with Crippen LogP contribution in [0.15, 0.2) is 68.9 Å². The zero-order valence-corrected chi connectivity index (χ0v) is 15.7. The number of rotatable bonds is 4. The number of pyridine rings is 1. The van der Waals surface area contributed by atoms with Crippen LogP contribution in [0.4, 0.5) is 5.69 Å². The average molecular weight is 368 g/mol. The first-order valence-corrected chi connectivity index (χ1v) is 8.89. The van der Waals surface area contributed by atoms with Gasteiger partial charge < -0.3 is 11.5 Å². The molecule has 5 nitrogen and oxygen atoms in total. The van der Waals surface area contributed by atoms with Gasteiger partial charge in [-0.1, -0.05) is 36.4 Å². The second kappa shape index (κ2) is 7.30. The molecule has 1 saturated carbocycles. The molecule has 0 aromatic carbocycles. The summed E-state index contributed by atoms with van der Waals surface area (Å²) >= 11 is 6.29. The summed E-state index contributed by atoms with van der Waals surface area (Å²) < 4.78 is 0. The molecule has 134 valence electrons. The molecule has 0 bridgehead atoms. The van der Waals surface area contributed by atoms with Gasteiger partial charge in [0.15, 0.2) is 5.84 Å². The van der Waals surface area contributed by atoms with Crippen LogP contribution in [0.5, 0.6) is 0 Å². The molecule has 2 heterocycles. The lowest BCUT2D eigenvalue weighted by atomic mass is 10.0. The van der Waals surface area contributed by atoms with Crippen LogP contribution in [-0.2, 0) is 0 Å². The van der Waals surface area contributed by atoms with E-state index in [0.29, 0.717) is 45.0 Å². The zero-order valence-electron chi connectivity index (χ0n) is 15.0. The van der Waals surface area contributed by atoms with Crippen molar-refractivity contribution in [1.82, 2.24) is 4.98 Å². The van der Waals surface area contributed by atoms with Crippen molar-refractivity contribution in [3.05, 3.63) is 70.3 Å². The molecule has 1 aliphatic carbocycles. The number of amidine groups is 1. The Morgan fingerprint density at radius 1 is 1.31 bits per heavy atom. The first-order valence-electron chi connectivity index (χ1n) is 8.51. The van der Waals surface area contributed by atoms with Gasteiger partial charge in [0.05, 0.1) is 5.69 Å². The van der Waals surface area contributed by atoms with E-state index in [1.807, 2.05) is 37.3 Å². The monoisotopic (exact) mass is 367 g/mol. The highest BCUT2D eigenvalue weighted by atomic mass is 35.5. The summed E-state index contributed by atoms with van der Waals surface area (Å²) in [6.07, 6.45) is 7.94. The lowest BCUT2D eigenvalue weighted by Gasteiger charge is -2.12. The SMILES string of the molecule is C=C(Cl)/C(=C\C=C/C)C1=N/C(=C(\C)N)C(N)=Nc2ccc(C3CC3)nc21. The van der Waals surface area contributed by atoms with Crippen molar-refractivity contribution in [2.24, 2.45) is 21.5 Å². The van der Waals surface area contributed by atoms with Gasteiger partial charge in [0.2, 0.25) is 0 Å². The van der Waals surface area contributed by atoms with Gasteiger partial charge in [0.1, 0.15) is 17.1 Å². The Morgan fingerprint density at radius 3 is 2.62 bits per heavy atom. The summed E-state index contributed by atoms with van der Waals surface area (Å²) in [5.41, 5.74) is 16.6. The van der Waals surface area contributed by atoms with Crippen LogP contribution in [0.1, 0.15) is 44.0 Å². The Bertz CT molecular complexity index is 910. The molecule has 1 aromatic rings. The molecular formula is C20H22ClN5. The summed E-state index contributed by atoms with van der Waals surface area (Å²) in [4.78, 5) is 14.0. The highest BCUT2D eigenvalue weighted by Crippen LogP contribution is 2.40. The predicted molar refractivity (Wildman–Crippen MR) is 109 cm³/mol. The summed E-state index contributed by atoms with van der Waals surface area (Å²) in [6, 6.07) is 3.93. The van der Waals surface area contributed by atoms with Gasteiger partial charge >= 0.3 is 0 Å². The molecule has 26 heavy (non-hydrogen) atoms. The van der Waals surface area contributed by atoms with Crippen LogP contribution < -0.4 is 11.5 Å². The third-order valence-electron chi connectivity index (χ3n) is 4.20. The highest BCUT2D eigenvalue weighted by Gasteiger charge is 2.28. The fourth-order valence-electron chi connectivity index (χ4n) is 2.71. The average Bonchev–Trinajstić information content (AvgIpc) is 3.42. The zero-order chi connectivity index (χ0) is 18.8. The predicted octanol–water partition coefficient (Wildman–Crippen LogP) is 4.20. The lowest BCUT2D eigenvalue weighted by molar-refractivity contribution is 1.01. The van der Waals surface area contributed by atoms with Gasteiger partial charge in [-0.05, 0) is 38.8 Å². The first kappa shape index (κ1) is 18.1. The standard InChI is InChI=1S/C20H22ClN5/c1-4-5-6-14(11(2)21)18-19-16(10-9-15(24-19)13-7-8-13)25-20(23)17(26-18)12(3)22/h4-6,9-10,13H,2,7-8,22H2,1,3H3,(H2,23,25)/b5-4-,14-6+,17-12+. The van der Waals surface area contributed by atoms with Crippen molar-refractivity contribution in [3.8, 4) is 0 Å². The van der Waals surface area contributed by atoms with Gasteiger partial charge in [0.25, 0.3) is 0 Å². The van der Waals surface area contributed by atoms with E-state index in [2.05, 4.69) is 11.6 Å². The van der Waals surface area contributed by atoms with Crippen LogP contribution in [0.3, 0.4) is 0 Å². The molecule has 3 rings (SSSR count). The van der Waals surface area contributed by atoms with Gasteiger partial charge in [0, 0.05) is 27.9 Å². The molecule has 0 spiro atoms. The van der Waals surface area contributed by atoms with Crippen LogP contribution in [0.25, 0.3) is 0 Å². The fraction of sp³-hybridized carbons (Fsp3) is 0.250. The number of hydrogen-bond acceptors (Lipinski definition) is 5. The lowest BCUT2D eigenvalue weighted by Crippen LogP contribution is -2.17. The van der Waals surface area contributed by atoms with Crippen molar-refractivity contribution >= 4 is 28.8 Å². The molecule has 6 heteroatoms. The number of aliphatic imine (C=N–C) groups is 2. The van der Waals surface area contributed by atoms with E-state index >= 15 is 0 Å². The van der Waals surface area contributed by atoms with Crippen molar-refractivity contribution < 1.29 is 0 Å². The smallest absolute Gasteiger partial charge is 0.151 e. The Balaban J connectivity index is 2.29. The maximum Gasteiger partial charge on any atom is 0.151 e. The Kier molecular flexibility index (Phi) is 5.09. The number of allylic oxidation sites excluding steroid dienone is 6. The molecule has 0 saturated heterocycles.